The molecule has 0 spiro atoms. The Bertz CT molecular complexity index is 569. The van der Waals surface area contributed by atoms with Gasteiger partial charge >= 0.3 is 0 Å². The molecule has 2 aromatic rings. The second kappa shape index (κ2) is 7.93. The Balaban J connectivity index is 1.76. The van der Waals surface area contributed by atoms with Crippen molar-refractivity contribution in [1.29, 1.82) is 0 Å². The van der Waals surface area contributed by atoms with Crippen LogP contribution in [0.1, 0.15) is 24.0 Å². The first kappa shape index (κ1) is 15.7. The first-order valence-corrected chi connectivity index (χ1v) is 7.98. The number of halogens is 1. The van der Waals surface area contributed by atoms with Gasteiger partial charge in [-0.2, -0.15) is 0 Å². The number of aryl methyl sites for hydroxylation is 1. The molecule has 110 valence electrons. The highest BCUT2D eigenvalue weighted by molar-refractivity contribution is 9.09. The Morgan fingerprint density at radius 1 is 1.00 bits per heavy atom. The Kier molecular flexibility index (Phi) is 5.93. The topological polar surface area (TPSA) is 43.1 Å². The van der Waals surface area contributed by atoms with Crippen molar-refractivity contribution in [3.05, 3.63) is 75.8 Å². The average Bonchev–Trinajstić information content (AvgIpc) is 2.49. The van der Waals surface area contributed by atoms with Crippen LogP contribution in [0.15, 0.2) is 54.6 Å². The lowest BCUT2D eigenvalue weighted by atomic mass is 10.0. The minimum absolute atomic E-state index is 0.147. The molecule has 0 amide bonds. The van der Waals surface area contributed by atoms with Gasteiger partial charge in [0.15, 0.2) is 0 Å². The highest BCUT2D eigenvalue weighted by atomic mass is 79.9. The van der Waals surface area contributed by atoms with Crippen LogP contribution in [0, 0.1) is 10.1 Å². The molecule has 4 heteroatoms. The van der Waals surface area contributed by atoms with Gasteiger partial charge in [-0.25, -0.2) is 0 Å². The Morgan fingerprint density at radius 2 is 1.67 bits per heavy atom. The van der Waals surface area contributed by atoms with E-state index in [1.807, 2.05) is 18.2 Å². The fourth-order valence-electron chi connectivity index (χ4n) is 2.28. The smallest absolute Gasteiger partial charge is 0.258 e. The summed E-state index contributed by atoms with van der Waals surface area (Å²) in [6, 6.07) is 17.3. The maximum atomic E-state index is 10.6. The Hall–Kier alpha value is -1.68. The van der Waals surface area contributed by atoms with Crippen LogP contribution >= 0.6 is 15.9 Å². The van der Waals surface area contributed by atoms with E-state index in [1.165, 1.54) is 5.56 Å². The van der Waals surface area contributed by atoms with Crippen molar-refractivity contribution in [1.82, 2.24) is 0 Å². The molecule has 3 nitrogen and oxygen atoms in total. The normalized spacial score (nSPS) is 12.0. The van der Waals surface area contributed by atoms with E-state index in [4.69, 9.17) is 0 Å². The number of nitro benzene ring substituents is 1. The molecule has 0 aliphatic carbocycles. The molecule has 0 N–H and O–H groups in total. The molecule has 2 aromatic carbocycles. The third-order valence-corrected chi connectivity index (χ3v) is 4.21. The van der Waals surface area contributed by atoms with Crippen LogP contribution in [0.5, 0.6) is 0 Å². The first-order chi connectivity index (χ1) is 10.1. The van der Waals surface area contributed by atoms with Crippen molar-refractivity contribution in [2.45, 2.75) is 30.5 Å². The number of benzene rings is 2. The van der Waals surface area contributed by atoms with Gasteiger partial charge in [0.05, 0.1) is 4.92 Å². The van der Waals surface area contributed by atoms with Crippen LogP contribution in [0.3, 0.4) is 0 Å². The van der Waals surface area contributed by atoms with Crippen LogP contribution in [-0.4, -0.2) is 9.75 Å². The maximum Gasteiger partial charge on any atom is 0.269 e. The quantitative estimate of drug-likeness (QED) is 0.405. The number of hydrogen-bond acceptors (Lipinski definition) is 2. The van der Waals surface area contributed by atoms with Crippen molar-refractivity contribution >= 4 is 21.6 Å². The summed E-state index contributed by atoms with van der Waals surface area (Å²) in [4.78, 5) is 10.6. The summed E-state index contributed by atoms with van der Waals surface area (Å²) in [6.45, 7) is 0. The number of alkyl halides is 1. The van der Waals surface area contributed by atoms with Gasteiger partial charge in [0, 0.05) is 17.0 Å². The third kappa shape index (κ3) is 5.31. The molecule has 0 saturated heterocycles. The lowest BCUT2D eigenvalue weighted by Crippen LogP contribution is -2.03. The Morgan fingerprint density at radius 3 is 2.29 bits per heavy atom. The molecule has 0 saturated carbocycles. The number of rotatable bonds is 7. The number of non-ortho nitro benzene ring substituents is 1. The second-order valence-electron chi connectivity index (χ2n) is 5.10. The van der Waals surface area contributed by atoms with E-state index in [-0.39, 0.29) is 10.6 Å². The van der Waals surface area contributed by atoms with Gasteiger partial charge in [0.2, 0.25) is 0 Å². The van der Waals surface area contributed by atoms with E-state index in [0.717, 1.165) is 31.2 Å². The third-order valence-electron chi connectivity index (χ3n) is 3.43. The molecule has 21 heavy (non-hydrogen) atoms. The molecule has 2 rings (SSSR count). The van der Waals surface area contributed by atoms with Gasteiger partial charge in [-0.05, 0) is 36.8 Å². The minimum atomic E-state index is -0.366. The molecule has 0 fully saturated rings. The highest BCUT2D eigenvalue weighted by Crippen LogP contribution is 2.19. The fourth-order valence-corrected chi connectivity index (χ4v) is 2.98. The van der Waals surface area contributed by atoms with E-state index >= 15 is 0 Å². The molecule has 0 aromatic heterocycles. The first-order valence-electron chi connectivity index (χ1n) is 7.06. The molecule has 1 unspecified atom stereocenters. The monoisotopic (exact) mass is 347 g/mol. The van der Waals surface area contributed by atoms with Crippen LogP contribution < -0.4 is 0 Å². The van der Waals surface area contributed by atoms with Crippen molar-refractivity contribution < 1.29 is 4.92 Å². The molecular weight excluding hydrogens is 330 g/mol. The largest absolute Gasteiger partial charge is 0.269 e. The van der Waals surface area contributed by atoms with Crippen molar-refractivity contribution in [3.63, 3.8) is 0 Å². The van der Waals surface area contributed by atoms with Crippen LogP contribution in [0.25, 0.3) is 0 Å². The lowest BCUT2D eigenvalue weighted by Gasteiger charge is -2.09. The van der Waals surface area contributed by atoms with E-state index < -0.39 is 0 Å². The minimum Gasteiger partial charge on any atom is -0.258 e. The molecule has 0 aliphatic rings. The van der Waals surface area contributed by atoms with Crippen LogP contribution in [0.4, 0.5) is 5.69 Å². The maximum absolute atomic E-state index is 10.6. The number of nitro groups is 1. The predicted octanol–water partition coefficient (Wildman–Crippen LogP) is 4.92. The summed E-state index contributed by atoms with van der Waals surface area (Å²) in [5, 5.41) is 10.6. The molecule has 0 radical (unpaired) electrons. The summed E-state index contributed by atoms with van der Waals surface area (Å²) in [5.41, 5.74) is 2.64. The van der Waals surface area contributed by atoms with Crippen molar-refractivity contribution in [3.8, 4) is 0 Å². The second-order valence-corrected chi connectivity index (χ2v) is 6.40. The summed E-state index contributed by atoms with van der Waals surface area (Å²) in [7, 11) is 0. The fraction of sp³-hybridized carbons (Fsp3) is 0.294. The van der Waals surface area contributed by atoms with Gasteiger partial charge in [-0.3, -0.25) is 10.1 Å². The molecular formula is C17H18BrNO2. The van der Waals surface area contributed by atoms with E-state index in [9.17, 15) is 10.1 Å². The van der Waals surface area contributed by atoms with E-state index in [2.05, 4.69) is 40.2 Å². The molecule has 0 heterocycles. The SMILES string of the molecule is O=[N+]([O-])c1ccc(CC(Br)CCCc2ccccc2)cc1. The standard InChI is InChI=1S/C17H18BrNO2/c18-16(8-4-7-14-5-2-1-3-6-14)13-15-9-11-17(12-10-15)19(20)21/h1-3,5-6,9-12,16H,4,7-8,13H2. The van der Waals surface area contributed by atoms with Gasteiger partial charge in [0.1, 0.15) is 0 Å². The van der Waals surface area contributed by atoms with Gasteiger partial charge in [0.25, 0.3) is 5.69 Å². The molecule has 0 bridgehead atoms. The zero-order valence-electron chi connectivity index (χ0n) is 11.7. The summed E-state index contributed by atoms with van der Waals surface area (Å²) < 4.78 is 0. The van der Waals surface area contributed by atoms with Gasteiger partial charge in [-0.15, -0.1) is 0 Å². The van der Waals surface area contributed by atoms with Crippen LogP contribution in [-0.2, 0) is 12.8 Å². The van der Waals surface area contributed by atoms with Crippen molar-refractivity contribution in [2.75, 3.05) is 0 Å². The summed E-state index contributed by atoms with van der Waals surface area (Å²) >= 11 is 3.70. The average molecular weight is 348 g/mol. The Labute approximate surface area is 133 Å². The lowest BCUT2D eigenvalue weighted by molar-refractivity contribution is -0.384. The van der Waals surface area contributed by atoms with Gasteiger partial charge in [-0.1, -0.05) is 58.4 Å². The van der Waals surface area contributed by atoms with E-state index in [0.29, 0.717) is 4.83 Å². The summed E-state index contributed by atoms with van der Waals surface area (Å²) in [6.07, 6.45) is 4.20. The van der Waals surface area contributed by atoms with Gasteiger partial charge < -0.3 is 0 Å². The van der Waals surface area contributed by atoms with Crippen LogP contribution in [0.2, 0.25) is 0 Å². The van der Waals surface area contributed by atoms with E-state index in [1.54, 1.807) is 12.1 Å². The predicted molar refractivity (Wildman–Crippen MR) is 88.9 cm³/mol. The zero-order valence-corrected chi connectivity index (χ0v) is 13.3. The number of hydrogen-bond donors (Lipinski definition) is 0. The highest BCUT2D eigenvalue weighted by Gasteiger charge is 2.08. The number of nitrogens with zero attached hydrogens (tertiary/aromatic N) is 1. The molecule has 0 aliphatic heterocycles. The zero-order chi connectivity index (χ0) is 15.1. The van der Waals surface area contributed by atoms with Crippen molar-refractivity contribution in [2.24, 2.45) is 0 Å². The summed E-state index contributed by atoms with van der Waals surface area (Å²) in [5.74, 6) is 0. The molecule has 1 atom stereocenters.